The molecule has 0 aliphatic carbocycles. The lowest BCUT2D eigenvalue weighted by atomic mass is 9.96. The van der Waals surface area contributed by atoms with Crippen molar-refractivity contribution >= 4 is 17.5 Å². The van der Waals surface area contributed by atoms with E-state index in [0.29, 0.717) is 5.75 Å². The Hall–Kier alpha value is -2.82. The molecule has 1 aliphatic rings. The summed E-state index contributed by atoms with van der Waals surface area (Å²) >= 11 is 0. The number of nitrogens with two attached hydrogens (primary N) is 1. The monoisotopic (exact) mass is 324 g/mol. The maximum Gasteiger partial charge on any atom is 0.265 e. The van der Waals surface area contributed by atoms with Gasteiger partial charge in [-0.2, -0.15) is 0 Å². The van der Waals surface area contributed by atoms with Crippen LogP contribution in [0.5, 0.6) is 5.75 Å². The number of primary amides is 1. The summed E-state index contributed by atoms with van der Waals surface area (Å²) in [5.41, 5.74) is 7.72. The van der Waals surface area contributed by atoms with E-state index in [4.69, 9.17) is 10.5 Å². The second-order valence-corrected chi connectivity index (χ2v) is 5.93. The molecule has 0 bridgehead atoms. The van der Waals surface area contributed by atoms with Crippen LogP contribution < -0.4 is 15.4 Å². The molecule has 2 aromatic rings. The fourth-order valence-electron chi connectivity index (χ4n) is 3.07. The maximum atomic E-state index is 12.7. The molecule has 1 aliphatic heterocycles. The molecule has 0 unspecified atom stereocenters. The summed E-state index contributed by atoms with van der Waals surface area (Å²) in [7, 11) is 0. The van der Waals surface area contributed by atoms with Crippen LogP contribution in [0.3, 0.4) is 0 Å². The third-order valence-corrected chi connectivity index (χ3v) is 4.30. The summed E-state index contributed by atoms with van der Waals surface area (Å²) in [6.07, 6.45) is 1.88. The summed E-state index contributed by atoms with van der Waals surface area (Å²) in [5.74, 6) is -0.375. The van der Waals surface area contributed by atoms with Crippen molar-refractivity contribution in [3.05, 3.63) is 59.7 Å². The highest BCUT2D eigenvalue weighted by Crippen LogP contribution is 2.30. The van der Waals surface area contributed by atoms with E-state index < -0.39 is 5.91 Å². The zero-order chi connectivity index (χ0) is 17.1. The molecule has 5 nitrogen and oxygen atoms in total. The third-order valence-electron chi connectivity index (χ3n) is 4.30. The van der Waals surface area contributed by atoms with Crippen LogP contribution in [0.15, 0.2) is 48.5 Å². The lowest BCUT2D eigenvalue weighted by molar-refractivity contribution is -0.121. The Bertz CT molecular complexity index is 773. The number of hydrogen-bond donors (Lipinski definition) is 1. The normalized spacial score (nSPS) is 16.4. The standard InChI is InChI=1S/C19H20N2O3/c1-13-10-11-14-6-2-4-8-16(14)21(13)18(22)12-24-17-9-5-3-7-15(17)19(20)23/h2-9,13H,10-12H2,1H3,(H2,20,23)/t13-/m0/s1. The van der Waals surface area contributed by atoms with Gasteiger partial charge in [0.1, 0.15) is 5.75 Å². The second kappa shape index (κ2) is 6.74. The van der Waals surface area contributed by atoms with E-state index in [-0.39, 0.29) is 24.1 Å². The molecule has 2 amide bonds. The molecule has 2 aromatic carbocycles. The molecule has 1 atom stereocenters. The van der Waals surface area contributed by atoms with Gasteiger partial charge in [-0.3, -0.25) is 9.59 Å². The second-order valence-electron chi connectivity index (χ2n) is 5.93. The molecule has 124 valence electrons. The van der Waals surface area contributed by atoms with Crippen LogP contribution in [0.2, 0.25) is 0 Å². The van der Waals surface area contributed by atoms with Crippen molar-refractivity contribution in [2.75, 3.05) is 11.5 Å². The SMILES string of the molecule is C[C@H]1CCc2ccccc2N1C(=O)COc1ccccc1C(N)=O. The van der Waals surface area contributed by atoms with Crippen molar-refractivity contribution in [2.24, 2.45) is 5.73 Å². The van der Waals surface area contributed by atoms with Gasteiger partial charge in [0.15, 0.2) is 6.61 Å². The number of nitrogens with zero attached hydrogens (tertiary/aromatic N) is 1. The van der Waals surface area contributed by atoms with Gasteiger partial charge < -0.3 is 15.4 Å². The summed E-state index contributed by atoms with van der Waals surface area (Å²) < 4.78 is 5.58. The number of rotatable bonds is 4. The largest absolute Gasteiger partial charge is 0.483 e. The van der Waals surface area contributed by atoms with Gasteiger partial charge in [0, 0.05) is 11.7 Å². The van der Waals surface area contributed by atoms with Crippen LogP contribution in [-0.2, 0) is 11.2 Å². The van der Waals surface area contributed by atoms with Gasteiger partial charge in [-0.1, -0.05) is 30.3 Å². The quantitative estimate of drug-likeness (QED) is 0.939. The van der Waals surface area contributed by atoms with Crippen LogP contribution in [0, 0.1) is 0 Å². The minimum atomic E-state index is -0.574. The van der Waals surface area contributed by atoms with E-state index in [0.717, 1.165) is 18.5 Å². The number of fused-ring (bicyclic) bond motifs is 1. The molecule has 0 fully saturated rings. The first-order valence-electron chi connectivity index (χ1n) is 7.99. The Morgan fingerprint density at radius 2 is 1.88 bits per heavy atom. The smallest absolute Gasteiger partial charge is 0.265 e. The number of carbonyl (C=O) groups is 2. The van der Waals surface area contributed by atoms with Crippen LogP contribution >= 0.6 is 0 Å². The summed E-state index contributed by atoms with van der Waals surface area (Å²) in [5, 5.41) is 0. The lowest BCUT2D eigenvalue weighted by Gasteiger charge is -2.35. The van der Waals surface area contributed by atoms with Crippen molar-refractivity contribution in [1.82, 2.24) is 0 Å². The van der Waals surface area contributed by atoms with E-state index in [1.54, 1.807) is 29.2 Å². The Morgan fingerprint density at radius 1 is 1.17 bits per heavy atom. The number of aryl methyl sites for hydroxylation is 1. The molecule has 1 heterocycles. The van der Waals surface area contributed by atoms with E-state index in [1.165, 1.54) is 5.56 Å². The van der Waals surface area contributed by atoms with Gasteiger partial charge in [0.2, 0.25) is 0 Å². The number of benzene rings is 2. The molecule has 3 rings (SSSR count). The van der Waals surface area contributed by atoms with Crippen LogP contribution in [-0.4, -0.2) is 24.5 Å². The topological polar surface area (TPSA) is 72.6 Å². The molecule has 5 heteroatoms. The number of ether oxygens (including phenoxy) is 1. The summed E-state index contributed by atoms with van der Waals surface area (Å²) in [6, 6.07) is 14.7. The Balaban J connectivity index is 1.78. The molecular weight excluding hydrogens is 304 g/mol. The highest BCUT2D eigenvalue weighted by molar-refractivity contribution is 5.97. The van der Waals surface area contributed by atoms with Gasteiger partial charge in [0.05, 0.1) is 5.56 Å². The molecule has 2 N–H and O–H groups in total. The van der Waals surface area contributed by atoms with Crippen molar-refractivity contribution in [3.8, 4) is 5.75 Å². The van der Waals surface area contributed by atoms with Crippen LogP contribution in [0.25, 0.3) is 0 Å². The zero-order valence-corrected chi connectivity index (χ0v) is 13.6. The highest BCUT2D eigenvalue weighted by Gasteiger charge is 2.28. The summed E-state index contributed by atoms with van der Waals surface area (Å²) in [6.45, 7) is 1.90. The predicted molar refractivity (Wildman–Crippen MR) is 92.2 cm³/mol. The average molecular weight is 324 g/mol. The number of amides is 2. The fraction of sp³-hybridized carbons (Fsp3) is 0.263. The molecule has 0 saturated carbocycles. The van der Waals surface area contributed by atoms with Crippen molar-refractivity contribution in [2.45, 2.75) is 25.8 Å². The van der Waals surface area contributed by atoms with Crippen LogP contribution in [0.1, 0.15) is 29.3 Å². The predicted octanol–water partition coefficient (Wildman–Crippen LogP) is 2.53. The lowest BCUT2D eigenvalue weighted by Crippen LogP contribution is -2.44. The van der Waals surface area contributed by atoms with E-state index in [1.807, 2.05) is 31.2 Å². The minimum Gasteiger partial charge on any atom is -0.483 e. The third kappa shape index (κ3) is 3.11. The van der Waals surface area contributed by atoms with E-state index in [9.17, 15) is 9.59 Å². The highest BCUT2D eigenvalue weighted by atomic mass is 16.5. The van der Waals surface area contributed by atoms with Crippen molar-refractivity contribution < 1.29 is 14.3 Å². The zero-order valence-electron chi connectivity index (χ0n) is 13.6. The first-order chi connectivity index (χ1) is 11.6. The van der Waals surface area contributed by atoms with E-state index in [2.05, 4.69) is 0 Å². The molecular formula is C19H20N2O3. The van der Waals surface area contributed by atoms with Crippen molar-refractivity contribution in [1.29, 1.82) is 0 Å². The number of hydrogen-bond acceptors (Lipinski definition) is 3. The Kier molecular flexibility index (Phi) is 4.51. The van der Waals surface area contributed by atoms with Gasteiger partial charge in [-0.05, 0) is 43.5 Å². The molecule has 0 saturated heterocycles. The molecule has 0 spiro atoms. The average Bonchev–Trinajstić information content (AvgIpc) is 2.59. The first-order valence-corrected chi connectivity index (χ1v) is 7.99. The molecule has 0 aromatic heterocycles. The van der Waals surface area contributed by atoms with Gasteiger partial charge in [-0.15, -0.1) is 0 Å². The fourth-order valence-corrected chi connectivity index (χ4v) is 3.07. The molecule has 0 radical (unpaired) electrons. The van der Waals surface area contributed by atoms with Gasteiger partial charge in [0.25, 0.3) is 11.8 Å². The Morgan fingerprint density at radius 3 is 2.67 bits per heavy atom. The number of anilines is 1. The number of para-hydroxylation sites is 2. The number of carbonyl (C=O) groups excluding carboxylic acids is 2. The van der Waals surface area contributed by atoms with Gasteiger partial charge in [-0.25, -0.2) is 0 Å². The maximum absolute atomic E-state index is 12.7. The van der Waals surface area contributed by atoms with Crippen LogP contribution in [0.4, 0.5) is 5.69 Å². The Labute approximate surface area is 141 Å². The van der Waals surface area contributed by atoms with Crippen molar-refractivity contribution in [3.63, 3.8) is 0 Å². The molecule has 24 heavy (non-hydrogen) atoms. The van der Waals surface area contributed by atoms with Gasteiger partial charge >= 0.3 is 0 Å². The minimum absolute atomic E-state index is 0.113. The summed E-state index contributed by atoms with van der Waals surface area (Å²) in [4.78, 5) is 25.9. The first kappa shape index (κ1) is 16.1. The van der Waals surface area contributed by atoms with E-state index >= 15 is 0 Å².